The highest BCUT2D eigenvalue weighted by Crippen LogP contribution is 2.37. The van der Waals surface area contributed by atoms with Crippen molar-refractivity contribution in [1.29, 1.82) is 0 Å². The van der Waals surface area contributed by atoms with E-state index in [0.717, 1.165) is 15.2 Å². The molecule has 7 heteroatoms. The summed E-state index contributed by atoms with van der Waals surface area (Å²) < 4.78 is 3.10. The van der Waals surface area contributed by atoms with E-state index in [1.165, 1.54) is 24.6 Å². The lowest BCUT2D eigenvalue weighted by atomic mass is 10.2. The lowest BCUT2D eigenvalue weighted by Gasteiger charge is -2.17. The summed E-state index contributed by atoms with van der Waals surface area (Å²) >= 11 is 4.97. The fraction of sp³-hybridized carbons (Fsp3) is 0.400. The van der Waals surface area contributed by atoms with Crippen molar-refractivity contribution in [2.45, 2.75) is 30.6 Å². The second-order valence-corrected chi connectivity index (χ2v) is 7.18. The summed E-state index contributed by atoms with van der Waals surface area (Å²) in [4.78, 5) is 14.0. The molecule has 2 aromatic rings. The van der Waals surface area contributed by atoms with Gasteiger partial charge < -0.3 is 9.47 Å². The van der Waals surface area contributed by atoms with E-state index >= 15 is 0 Å². The van der Waals surface area contributed by atoms with Crippen LogP contribution >= 0.6 is 27.7 Å². The maximum absolute atomic E-state index is 12.3. The third-order valence-electron chi connectivity index (χ3n) is 3.60. The van der Waals surface area contributed by atoms with E-state index in [0.29, 0.717) is 18.3 Å². The molecule has 22 heavy (non-hydrogen) atoms. The van der Waals surface area contributed by atoms with Crippen LogP contribution in [-0.2, 0) is 11.3 Å². The molecule has 1 heterocycles. The van der Waals surface area contributed by atoms with Gasteiger partial charge in [0.25, 0.3) is 0 Å². The zero-order valence-corrected chi connectivity index (χ0v) is 14.7. The molecule has 3 rings (SSSR count). The Bertz CT molecular complexity index is 671. The molecule has 0 aliphatic heterocycles. The number of benzene rings is 1. The minimum Gasteiger partial charge on any atom is -0.341 e. The molecule has 0 spiro atoms. The first kappa shape index (κ1) is 15.6. The SMILES string of the molecule is CN(Cc1ccccc1Br)C(=O)CSc1nncn1C1CC1. The third kappa shape index (κ3) is 3.70. The van der Waals surface area contributed by atoms with Gasteiger partial charge in [0.2, 0.25) is 5.91 Å². The van der Waals surface area contributed by atoms with Crippen LogP contribution in [0.15, 0.2) is 40.2 Å². The molecule has 5 nitrogen and oxygen atoms in total. The summed E-state index contributed by atoms with van der Waals surface area (Å²) in [5.41, 5.74) is 1.10. The molecule has 1 amide bonds. The van der Waals surface area contributed by atoms with Crippen molar-refractivity contribution in [2.75, 3.05) is 12.8 Å². The predicted octanol–water partition coefficient (Wildman–Crippen LogP) is 3.13. The Kier molecular flexibility index (Phi) is 4.83. The Morgan fingerprint density at radius 2 is 2.23 bits per heavy atom. The second-order valence-electron chi connectivity index (χ2n) is 5.38. The molecule has 0 atom stereocenters. The molecule has 1 aromatic heterocycles. The monoisotopic (exact) mass is 380 g/mol. The number of amides is 1. The number of hydrogen-bond acceptors (Lipinski definition) is 4. The minimum atomic E-state index is 0.0890. The first-order valence-corrected chi connectivity index (χ1v) is 8.92. The maximum atomic E-state index is 12.3. The normalized spacial score (nSPS) is 14.1. The van der Waals surface area contributed by atoms with Crippen molar-refractivity contribution < 1.29 is 4.79 Å². The van der Waals surface area contributed by atoms with Crippen molar-refractivity contribution in [2.24, 2.45) is 0 Å². The standard InChI is InChI=1S/C15H17BrN4OS/c1-19(8-11-4-2-3-5-13(11)16)14(21)9-22-15-18-17-10-20(15)12-6-7-12/h2-5,10,12H,6-9H2,1H3. The molecule has 1 aliphatic rings. The molecule has 0 bridgehead atoms. The van der Waals surface area contributed by atoms with Crippen LogP contribution in [0.25, 0.3) is 0 Å². The summed E-state index contributed by atoms with van der Waals surface area (Å²) in [5.74, 6) is 0.470. The van der Waals surface area contributed by atoms with Gasteiger partial charge in [-0.3, -0.25) is 4.79 Å². The maximum Gasteiger partial charge on any atom is 0.233 e. The highest BCUT2D eigenvalue weighted by atomic mass is 79.9. The Morgan fingerprint density at radius 1 is 1.45 bits per heavy atom. The van der Waals surface area contributed by atoms with Crippen LogP contribution in [0.3, 0.4) is 0 Å². The van der Waals surface area contributed by atoms with Gasteiger partial charge in [0.1, 0.15) is 6.33 Å². The number of halogens is 1. The smallest absolute Gasteiger partial charge is 0.233 e. The van der Waals surface area contributed by atoms with Crippen molar-refractivity contribution in [3.8, 4) is 0 Å². The molecule has 1 aliphatic carbocycles. The minimum absolute atomic E-state index is 0.0890. The van der Waals surface area contributed by atoms with Gasteiger partial charge in [-0.2, -0.15) is 0 Å². The number of thioether (sulfide) groups is 1. The Hall–Kier alpha value is -1.34. The molecular weight excluding hydrogens is 364 g/mol. The first-order valence-electron chi connectivity index (χ1n) is 7.15. The van der Waals surface area contributed by atoms with Crippen LogP contribution in [0.4, 0.5) is 0 Å². The summed E-state index contributed by atoms with van der Waals surface area (Å²) in [5, 5.41) is 8.89. The molecule has 0 unspecified atom stereocenters. The van der Waals surface area contributed by atoms with E-state index < -0.39 is 0 Å². The number of carbonyl (C=O) groups excluding carboxylic acids is 1. The van der Waals surface area contributed by atoms with E-state index in [4.69, 9.17) is 0 Å². The first-order chi connectivity index (χ1) is 10.6. The number of carbonyl (C=O) groups is 1. The van der Waals surface area contributed by atoms with Crippen LogP contribution in [-0.4, -0.2) is 38.4 Å². The van der Waals surface area contributed by atoms with Gasteiger partial charge in [-0.1, -0.05) is 45.9 Å². The molecule has 1 aromatic carbocycles. The number of aromatic nitrogens is 3. The summed E-state index contributed by atoms with van der Waals surface area (Å²) in [6, 6.07) is 8.48. The van der Waals surface area contributed by atoms with Gasteiger partial charge in [-0.15, -0.1) is 10.2 Å². The van der Waals surface area contributed by atoms with Crippen molar-refractivity contribution in [1.82, 2.24) is 19.7 Å². The molecule has 1 saturated carbocycles. The van der Waals surface area contributed by atoms with Crippen molar-refractivity contribution in [3.05, 3.63) is 40.6 Å². The van der Waals surface area contributed by atoms with Gasteiger partial charge in [0, 0.05) is 24.1 Å². The van der Waals surface area contributed by atoms with E-state index in [-0.39, 0.29) is 5.91 Å². The number of hydrogen-bond donors (Lipinski definition) is 0. The third-order valence-corrected chi connectivity index (χ3v) is 5.31. The van der Waals surface area contributed by atoms with Gasteiger partial charge in [0.05, 0.1) is 5.75 Å². The molecule has 1 fully saturated rings. The molecule has 0 radical (unpaired) electrons. The van der Waals surface area contributed by atoms with Crippen LogP contribution in [0.2, 0.25) is 0 Å². The average Bonchev–Trinajstić information content (AvgIpc) is 3.25. The van der Waals surface area contributed by atoms with Crippen LogP contribution in [0.1, 0.15) is 24.4 Å². The van der Waals surface area contributed by atoms with E-state index in [2.05, 4.69) is 30.7 Å². The van der Waals surface area contributed by atoms with Crippen LogP contribution in [0, 0.1) is 0 Å². The van der Waals surface area contributed by atoms with E-state index in [9.17, 15) is 4.79 Å². The molecule has 0 N–H and O–H groups in total. The Morgan fingerprint density at radius 3 is 2.95 bits per heavy atom. The lowest BCUT2D eigenvalue weighted by Crippen LogP contribution is -2.28. The van der Waals surface area contributed by atoms with Crippen molar-refractivity contribution in [3.63, 3.8) is 0 Å². The van der Waals surface area contributed by atoms with Gasteiger partial charge in [-0.25, -0.2) is 0 Å². The second kappa shape index (κ2) is 6.83. The zero-order valence-electron chi connectivity index (χ0n) is 12.3. The summed E-state index contributed by atoms with van der Waals surface area (Å²) in [6.45, 7) is 0.593. The molecular formula is C15H17BrN4OS. The fourth-order valence-corrected chi connectivity index (χ4v) is 3.48. The summed E-state index contributed by atoms with van der Waals surface area (Å²) in [7, 11) is 1.83. The number of rotatable bonds is 6. The zero-order chi connectivity index (χ0) is 15.5. The Balaban J connectivity index is 1.55. The van der Waals surface area contributed by atoms with E-state index in [1.807, 2.05) is 31.3 Å². The van der Waals surface area contributed by atoms with Gasteiger partial charge in [-0.05, 0) is 24.5 Å². The fourth-order valence-electron chi connectivity index (χ4n) is 2.15. The lowest BCUT2D eigenvalue weighted by molar-refractivity contribution is -0.127. The summed E-state index contributed by atoms with van der Waals surface area (Å²) in [6.07, 6.45) is 4.12. The van der Waals surface area contributed by atoms with Gasteiger partial charge >= 0.3 is 0 Å². The molecule has 116 valence electrons. The predicted molar refractivity (Wildman–Crippen MR) is 89.6 cm³/mol. The van der Waals surface area contributed by atoms with E-state index in [1.54, 1.807) is 11.2 Å². The van der Waals surface area contributed by atoms with Crippen LogP contribution in [0.5, 0.6) is 0 Å². The topological polar surface area (TPSA) is 51.0 Å². The highest BCUT2D eigenvalue weighted by Gasteiger charge is 2.26. The largest absolute Gasteiger partial charge is 0.341 e. The number of nitrogens with zero attached hydrogens (tertiary/aromatic N) is 4. The van der Waals surface area contributed by atoms with Crippen LogP contribution < -0.4 is 0 Å². The van der Waals surface area contributed by atoms with Gasteiger partial charge in [0.15, 0.2) is 5.16 Å². The average molecular weight is 381 g/mol. The highest BCUT2D eigenvalue weighted by molar-refractivity contribution is 9.10. The van der Waals surface area contributed by atoms with Crippen molar-refractivity contribution >= 4 is 33.6 Å². The Labute approximate surface area is 142 Å². The quantitative estimate of drug-likeness (QED) is 0.722. The molecule has 0 saturated heterocycles.